The molecule has 0 aromatic heterocycles. The van der Waals surface area contributed by atoms with E-state index in [0.29, 0.717) is 24.6 Å². The average molecular weight is 284 g/mol. The molecule has 2 heterocycles. The quantitative estimate of drug-likeness (QED) is 0.746. The van der Waals surface area contributed by atoms with Gasteiger partial charge < -0.3 is 15.2 Å². The normalized spacial score (nSPS) is 32.4. The van der Waals surface area contributed by atoms with Crippen molar-refractivity contribution < 1.29 is 9.84 Å². The summed E-state index contributed by atoms with van der Waals surface area (Å²) in [6.45, 7) is 7.78. The average Bonchev–Trinajstić information content (AvgIpc) is 2.49. The van der Waals surface area contributed by atoms with Crippen LogP contribution in [0.5, 0.6) is 0 Å². The van der Waals surface area contributed by atoms with E-state index in [1.807, 2.05) is 0 Å². The zero-order chi connectivity index (χ0) is 14.2. The van der Waals surface area contributed by atoms with Crippen LogP contribution in [0.15, 0.2) is 0 Å². The Morgan fingerprint density at radius 1 is 1.30 bits per heavy atom. The largest absolute Gasteiger partial charge is 0.396 e. The van der Waals surface area contributed by atoms with Gasteiger partial charge in [-0.25, -0.2) is 0 Å². The maximum Gasteiger partial charge on any atom is 0.0521 e. The van der Waals surface area contributed by atoms with Crippen LogP contribution in [-0.4, -0.2) is 61.5 Å². The number of hydrogen-bond acceptors (Lipinski definition) is 4. The molecule has 0 saturated carbocycles. The first kappa shape index (κ1) is 16.2. The van der Waals surface area contributed by atoms with Gasteiger partial charge in [-0.1, -0.05) is 13.3 Å². The summed E-state index contributed by atoms with van der Waals surface area (Å²) in [6, 6.07) is 1.20. The smallest absolute Gasteiger partial charge is 0.0521 e. The van der Waals surface area contributed by atoms with Gasteiger partial charge in [0.15, 0.2) is 0 Å². The second kappa shape index (κ2) is 8.98. The minimum atomic E-state index is 0.319. The van der Waals surface area contributed by atoms with E-state index in [-0.39, 0.29) is 0 Å². The topological polar surface area (TPSA) is 44.7 Å². The van der Waals surface area contributed by atoms with Gasteiger partial charge in [-0.15, -0.1) is 0 Å². The Balaban J connectivity index is 1.87. The van der Waals surface area contributed by atoms with Gasteiger partial charge in [0.25, 0.3) is 0 Å². The van der Waals surface area contributed by atoms with E-state index in [0.717, 1.165) is 39.1 Å². The van der Waals surface area contributed by atoms with Gasteiger partial charge in [0.2, 0.25) is 0 Å². The van der Waals surface area contributed by atoms with Crippen LogP contribution in [0.3, 0.4) is 0 Å². The van der Waals surface area contributed by atoms with Crippen molar-refractivity contribution in [2.24, 2.45) is 5.92 Å². The lowest BCUT2D eigenvalue weighted by Gasteiger charge is -2.41. The molecule has 0 spiro atoms. The summed E-state index contributed by atoms with van der Waals surface area (Å²) in [5.41, 5.74) is 0. The van der Waals surface area contributed by atoms with E-state index in [4.69, 9.17) is 4.74 Å². The molecule has 0 aromatic rings. The molecule has 4 heteroatoms. The number of hydrogen-bond donors (Lipinski definition) is 2. The van der Waals surface area contributed by atoms with Gasteiger partial charge in [-0.2, -0.15) is 0 Å². The monoisotopic (exact) mass is 284 g/mol. The maximum absolute atomic E-state index is 9.25. The predicted octanol–water partition coefficient (Wildman–Crippen LogP) is 1.63. The summed E-state index contributed by atoms with van der Waals surface area (Å²) in [5.74, 6) is 0.606. The zero-order valence-electron chi connectivity index (χ0n) is 13.0. The molecule has 3 atom stereocenters. The molecule has 2 saturated heterocycles. The lowest BCUT2D eigenvalue weighted by Crippen LogP contribution is -2.51. The summed E-state index contributed by atoms with van der Waals surface area (Å²) in [5, 5.41) is 12.9. The molecule has 2 rings (SSSR count). The van der Waals surface area contributed by atoms with Crippen molar-refractivity contribution in [1.82, 2.24) is 10.2 Å². The molecule has 20 heavy (non-hydrogen) atoms. The van der Waals surface area contributed by atoms with Crippen LogP contribution in [0.4, 0.5) is 0 Å². The number of nitrogens with zero attached hydrogens (tertiary/aromatic N) is 1. The third-order valence-corrected chi connectivity index (χ3v) is 4.81. The first-order valence-corrected chi connectivity index (χ1v) is 8.51. The Labute approximate surface area is 123 Å². The van der Waals surface area contributed by atoms with Crippen LogP contribution >= 0.6 is 0 Å². The molecule has 3 unspecified atom stereocenters. The summed E-state index contributed by atoms with van der Waals surface area (Å²) >= 11 is 0. The predicted molar refractivity (Wildman–Crippen MR) is 81.9 cm³/mol. The van der Waals surface area contributed by atoms with Gasteiger partial charge in [-0.05, 0) is 45.2 Å². The molecule has 0 radical (unpaired) electrons. The van der Waals surface area contributed by atoms with Gasteiger partial charge >= 0.3 is 0 Å². The highest BCUT2D eigenvalue weighted by molar-refractivity contribution is 4.85. The molecule has 0 amide bonds. The molecule has 2 aliphatic heterocycles. The van der Waals surface area contributed by atoms with Crippen LogP contribution in [-0.2, 0) is 4.74 Å². The van der Waals surface area contributed by atoms with Crippen LogP contribution in [0.2, 0.25) is 0 Å². The van der Waals surface area contributed by atoms with E-state index in [1.54, 1.807) is 0 Å². The third kappa shape index (κ3) is 4.69. The fraction of sp³-hybridized carbons (Fsp3) is 1.00. The fourth-order valence-corrected chi connectivity index (χ4v) is 3.65. The molecule has 118 valence electrons. The van der Waals surface area contributed by atoms with Crippen molar-refractivity contribution in [3.05, 3.63) is 0 Å². The fourth-order valence-electron chi connectivity index (χ4n) is 3.65. The first-order valence-electron chi connectivity index (χ1n) is 8.51. The first-order chi connectivity index (χ1) is 9.85. The standard InChI is InChI=1S/C16H32N2O2/c1-2-8-17-16-7-11-20-13-14(16)12-18-9-4-3-5-15(18)6-10-19/h14-17,19H,2-13H2,1H3. The SMILES string of the molecule is CCCNC1CCOCC1CN1CCCCC1CCO. The highest BCUT2D eigenvalue weighted by Gasteiger charge is 2.30. The van der Waals surface area contributed by atoms with E-state index < -0.39 is 0 Å². The van der Waals surface area contributed by atoms with Crippen molar-refractivity contribution in [2.45, 2.75) is 57.5 Å². The Kier molecular flexibility index (Phi) is 7.28. The highest BCUT2D eigenvalue weighted by atomic mass is 16.5. The summed E-state index contributed by atoms with van der Waals surface area (Å²) < 4.78 is 5.71. The molecule has 0 bridgehead atoms. The Morgan fingerprint density at radius 2 is 2.20 bits per heavy atom. The summed E-state index contributed by atoms with van der Waals surface area (Å²) in [6.07, 6.45) is 7.15. The lowest BCUT2D eigenvalue weighted by atomic mass is 9.92. The van der Waals surface area contributed by atoms with Crippen molar-refractivity contribution in [1.29, 1.82) is 0 Å². The number of nitrogens with one attached hydrogen (secondary N) is 1. The Bertz CT molecular complexity index is 261. The molecule has 0 aromatic carbocycles. The van der Waals surface area contributed by atoms with Gasteiger partial charge in [-0.3, -0.25) is 4.90 Å². The maximum atomic E-state index is 9.25. The molecule has 2 fully saturated rings. The zero-order valence-corrected chi connectivity index (χ0v) is 13.0. The molecule has 2 N–H and O–H groups in total. The van der Waals surface area contributed by atoms with Gasteiger partial charge in [0.05, 0.1) is 6.61 Å². The van der Waals surface area contributed by atoms with Gasteiger partial charge in [0, 0.05) is 37.8 Å². The Morgan fingerprint density at radius 3 is 3.00 bits per heavy atom. The van der Waals surface area contributed by atoms with Crippen molar-refractivity contribution in [2.75, 3.05) is 39.5 Å². The molecular formula is C16H32N2O2. The summed E-state index contributed by atoms with van der Waals surface area (Å²) in [4.78, 5) is 2.61. The highest BCUT2D eigenvalue weighted by Crippen LogP contribution is 2.24. The second-order valence-corrected chi connectivity index (χ2v) is 6.34. The van der Waals surface area contributed by atoms with E-state index in [9.17, 15) is 5.11 Å². The van der Waals surface area contributed by atoms with Crippen LogP contribution < -0.4 is 5.32 Å². The van der Waals surface area contributed by atoms with E-state index in [2.05, 4.69) is 17.1 Å². The van der Waals surface area contributed by atoms with Crippen LogP contribution in [0, 0.1) is 5.92 Å². The second-order valence-electron chi connectivity index (χ2n) is 6.34. The molecule has 2 aliphatic rings. The van der Waals surface area contributed by atoms with Crippen LogP contribution in [0.1, 0.15) is 45.4 Å². The van der Waals surface area contributed by atoms with E-state index in [1.165, 1.54) is 32.2 Å². The number of ether oxygens (including phenoxy) is 1. The Hall–Kier alpha value is -0.160. The lowest BCUT2D eigenvalue weighted by molar-refractivity contribution is 0.00217. The number of aliphatic hydroxyl groups excluding tert-OH is 1. The van der Waals surface area contributed by atoms with Crippen molar-refractivity contribution >= 4 is 0 Å². The number of piperidine rings is 1. The van der Waals surface area contributed by atoms with E-state index >= 15 is 0 Å². The molecular weight excluding hydrogens is 252 g/mol. The van der Waals surface area contributed by atoms with Crippen molar-refractivity contribution in [3.8, 4) is 0 Å². The summed E-state index contributed by atoms with van der Waals surface area (Å²) in [7, 11) is 0. The molecule has 0 aliphatic carbocycles. The minimum absolute atomic E-state index is 0.319. The van der Waals surface area contributed by atoms with Crippen LogP contribution in [0.25, 0.3) is 0 Å². The third-order valence-electron chi connectivity index (χ3n) is 4.81. The minimum Gasteiger partial charge on any atom is -0.396 e. The number of aliphatic hydroxyl groups is 1. The van der Waals surface area contributed by atoms with Gasteiger partial charge in [0.1, 0.15) is 0 Å². The molecule has 4 nitrogen and oxygen atoms in total. The number of rotatable bonds is 7. The number of likely N-dealkylation sites (tertiary alicyclic amines) is 1. The van der Waals surface area contributed by atoms with Crippen molar-refractivity contribution in [3.63, 3.8) is 0 Å².